The number of nitrogens with zero attached hydrogens (tertiary/aromatic N) is 4. The second-order valence-corrected chi connectivity index (χ2v) is 8.43. The minimum atomic E-state index is -3.71. The van der Waals surface area contributed by atoms with E-state index in [1.54, 1.807) is 12.1 Å². The van der Waals surface area contributed by atoms with Crippen molar-refractivity contribution in [3.63, 3.8) is 0 Å². The maximum Gasteiger partial charge on any atom is 0.274 e. The molecule has 1 atom stereocenters. The monoisotopic (exact) mass is 420 g/mol. The number of hydrogen-bond donors (Lipinski definition) is 2. The van der Waals surface area contributed by atoms with Crippen LogP contribution in [-0.4, -0.2) is 42.9 Å². The molecule has 2 aromatic rings. The van der Waals surface area contributed by atoms with Gasteiger partial charge < -0.3 is 4.90 Å². The molecule has 3 N–H and O–H groups in total. The molecule has 0 aliphatic carbocycles. The molecule has 10 nitrogen and oxygen atoms in total. The van der Waals surface area contributed by atoms with Crippen LogP contribution in [0, 0.1) is 16.0 Å². The third kappa shape index (κ3) is 5.68. The van der Waals surface area contributed by atoms with Gasteiger partial charge in [-0.25, -0.2) is 19.8 Å². The molecule has 1 aromatic carbocycles. The maximum atomic E-state index is 11.2. The first-order chi connectivity index (χ1) is 13.7. The lowest BCUT2D eigenvalue weighted by Gasteiger charge is -2.33. The van der Waals surface area contributed by atoms with Gasteiger partial charge in [0.15, 0.2) is 5.82 Å². The zero-order chi connectivity index (χ0) is 21.0. The molecule has 11 heteroatoms. The van der Waals surface area contributed by atoms with Gasteiger partial charge in [-0.1, -0.05) is 6.92 Å². The topological polar surface area (TPSA) is 144 Å². The van der Waals surface area contributed by atoms with Crippen LogP contribution in [-0.2, 0) is 16.6 Å². The fraction of sp³-hybridized carbons (Fsp3) is 0.444. The van der Waals surface area contributed by atoms with Crippen LogP contribution in [0.15, 0.2) is 30.3 Å². The van der Waals surface area contributed by atoms with Crippen molar-refractivity contribution in [1.82, 2.24) is 14.7 Å². The first-order valence-electron chi connectivity index (χ1n) is 9.40. The van der Waals surface area contributed by atoms with Crippen molar-refractivity contribution in [1.29, 1.82) is 0 Å². The van der Waals surface area contributed by atoms with Crippen LogP contribution in [0.25, 0.3) is 11.4 Å². The summed E-state index contributed by atoms with van der Waals surface area (Å²) < 4.78 is 24.7. The molecule has 1 saturated heterocycles. The zero-order valence-electron chi connectivity index (χ0n) is 16.1. The Labute approximate surface area is 169 Å². The van der Waals surface area contributed by atoms with E-state index in [-0.39, 0.29) is 18.2 Å². The second kappa shape index (κ2) is 8.80. The molecule has 0 spiro atoms. The van der Waals surface area contributed by atoms with Crippen molar-refractivity contribution < 1.29 is 13.3 Å². The maximum absolute atomic E-state index is 11.2. The number of piperidine rings is 1. The molecular formula is C18H24N6O4S. The van der Waals surface area contributed by atoms with E-state index in [0.29, 0.717) is 17.9 Å². The standard InChI is InChI=1S/C18H24N6O4S/c1-2-15-10-17(23-9-3-4-13(12-23)11-20-29(19,27)28)22-18(21-15)14-5-7-16(8-6-14)24(25)26/h5-8,10,13,20H,2-4,9,11-12H2,1H3,(H2,19,27,28). The highest BCUT2D eigenvalue weighted by atomic mass is 32.2. The van der Waals surface area contributed by atoms with Gasteiger partial charge in [0.1, 0.15) is 5.82 Å². The fourth-order valence-corrected chi connectivity index (χ4v) is 3.83. The Balaban J connectivity index is 1.83. The highest BCUT2D eigenvalue weighted by molar-refractivity contribution is 7.87. The Kier molecular flexibility index (Phi) is 6.40. The van der Waals surface area contributed by atoms with Crippen LogP contribution in [0.3, 0.4) is 0 Å². The van der Waals surface area contributed by atoms with Crippen molar-refractivity contribution in [2.45, 2.75) is 26.2 Å². The van der Waals surface area contributed by atoms with Gasteiger partial charge >= 0.3 is 0 Å². The van der Waals surface area contributed by atoms with Crippen molar-refractivity contribution in [2.24, 2.45) is 11.1 Å². The van der Waals surface area contributed by atoms with E-state index < -0.39 is 15.1 Å². The predicted molar refractivity (Wildman–Crippen MR) is 110 cm³/mol. The summed E-state index contributed by atoms with van der Waals surface area (Å²) in [6, 6.07) is 8.10. The highest BCUT2D eigenvalue weighted by Crippen LogP contribution is 2.26. The lowest BCUT2D eigenvalue weighted by molar-refractivity contribution is -0.384. The van der Waals surface area contributed by atoms with Crippen molar-refractivity contribution >= 4 is 21.7 Å². The van der Waals surface area contributed by atoms with Gasteiger partial charge in [-0.2, -0.15) is 8.42 Å². The Morgan fingerprint density at radius 1 is 1.31 bits per heavy atom. The molecule has 0 radical (unpaired) electrons. The van der Waals surface area contributed by atoms with E-state index in [0.717, 1.165) is 37.3 Å². The van der Waals surface area contributed by atoms with E-state index in [9.17, 15) is 18.5 Å². The number of aryl methyl sites for hydroxylation is 1. The van der Waals surface area contributed by atoms with Crippen molar-refractivity contribution in [3.05, 3.63) is 46.1 Å². The zero-order valence-corrected chi connectivity index (χ0v) is 16.9. The number of nitrogens with two attached hydrogens (primary N) is 1. The number of benzene rings is 1. The lowest BCUT2D eigenvalue weighted by Crippen LogP contribution is -2.42. The largest absolute Gasteiger partial charge is 0.356 e. The SMILES string of the molecule is CCc1cc(N2CCCC(CNS(N)(=O)=O)C2)nc(-c2ccc([N+](=O)[O-])cc2)n1. The van der Waals surface area contributed by atoms with Gasteiger partial charge in [0.25, 0.3) is 15.9 Å². The van der Waals surface area contributed by atoms with Crippen molar-refractivity contribution in [3.8, 4) is 11.4 Å². The smallest absolute Gasteiger partial charge is 0.274 e. The summed E-state index contributed by atoms with van der Waals surface area (Å²) in [4.78, 5) is 21.8. The van der Waals surface area contributed by atoms with Crippen molar-refractivity contribution in [2.75, 3.05) is 24.5 Å². The minimum Gasteiger partial charge on any atom is -0.356 e. The van der Waals surface area contributed by atoms with Gasteiger partial charge in [0, 0.05) is 49.1 Å². The normalized spacial score (nSPS) is 17.3. The van der Waals surface area contributed by atoms with Crippen LogP contribution in [0.2, 0.25) is 0 Å². The second-order valence-electron chi connectivity index (χ2n) is 7.05. The molecule has 156 valence electrons. The summed E-state index contributed by atoms with van der Waals surface area (Å²) >= 11 is 0. The third-order valence-electron chi connectivity index (χ3n) is 4.88. The van der Waals surface area contributed by atoms with E-state index in [4.69, 9.17) is 5.14 Å². The number of aromatic nitrogens is 2. The fourth-order valence-electron chi connectivity index (χ4n) is 3.36. The number of non-ortho nitro benzene ring substituents is 1. The van der Waals surface area contributed by atoms with Gasteiger partial charge in [-0.05, 0) is 37.3 Å². The number of nitro benzene ring substituents is 1. The first kappa shape index (κ1) is 21.1. The number of rotatable bonds is 7. The van der Waals surface area contributed by atoms with Gasteiger partial charge in [0.05, 0.1) is 4.92 Å². The average Bonchev–Trinajstić information content (AvgIpc) is 2.71. The van der Waals surface area contributed by atoms with E-state index in [1.165, 1.54) is 12.1 Å². The Morgan fingerprint density at radius 3 is 2.66 bits per heavy atom. The minimum absolute atomic E-state index is 0.0156. The third-order valence-corrected chi connectivity index (χ3v) is 5.45. The summed E-state index contributed by atoms with van der Waals surface area (Å²) in [6.07, 6.45) is 2.54. The molecule has 0 saturated carbocycles. The van der Waals surface area contributed by atoms with Gasteiger partial charge in [-0.3, -0.25) is 10.1 Å². The molecule has 1 aliphatic rings. The predicted octanol–water partition coefficient (Wildman–Crippen LogP) is 1.62. The molecule has 1 unspecified atom stereocenters. The summed E-state index contributed by atoms with van der Waals surface area (Å²) in [5, 5.41) is 15.9. The van der Waals surface area contributed by atoms with Crippen LogP contribution in [0.1, 0.15) is 25.5 Å². The van der Waals surface area contributed by atoms with Crippen LogP contribution >= 0.6 is 0 Å². The van der Waals surface area contributed by atoms with Crippen LogP contribution in [0.5, 0.6) is 0 Å². The summed E-state index contributed by atoms with van der Waals surface area (Å²) in [7, 11) is -3.71. The summed E-state index contributed by atoms with van der Waals surface area (Å²) in [6.45, 7) is 3.76. The Bertz CT molecular complexity index is 980. The first-order valence-corrected chi connectivity index (χ1v) is 10.9. The number of nitrogens with one attached hydrogen (secondary N) is 1. The highest BCUT2D eigenvalue weighted by Gasteiger charge is 2.23. The molecule has 1 aliphatic heterocycles. The van der Waals surface area contributed by atoms with E-state index in [2.05, 4.69) is 19.6 Å². The molecule has 2 heterocycles. The molecule has 29 heavy (non-hydrogen) atoms. The number of anilines is 1. The van der Waals surface area contributed by atoms with Crippen LogP contribution < -0.4 is 14.8 Å². The molecule has 3 rings (SSSR count). The van der Waals surface area contributed by atoms with Crippen LogP contribution in [0.4, 0.5) is 11.5 Å². The Morgan fingerprint density at radius 2 is 2.03 bits per heavy atom. The Hall–Kier alpha value is -2.63. The molecule has 0 amide bonds. The number of nitro groups is 1. The summed E-state index contributed by atoms with van der Waals surface area (Å²) in [5.74, 6) is 1.41. The molecular weight excluding hydrogens is 396 g/mol. The lowest BCUT2D eigenvalue weighted by atomic mass is 9.98. The van der Waals surface area contributed by atoms with Gasteiger partial charge in [0.2, 0.25) is 0 Å². The average molecular weight is 420 g/mol. The molecule has 0 bridgehead atoms. The van der Waals surface area contributed by atoms with E-state index >= 15 is 0 Å². The number of hydrogen-bond acceptors (Lipinski definition) is 7. The quantitative estimate of drug-likeness (QED) is 0.511. The van der Waals surface area contributed by atoms with E-state index in [1.807, 2.05) is 13.0 Å². The molecule has 1 aromatic heterocycles. The summed E-state index contributed by atoms with van der Waals surface area (Å²) in [5.41, 5.74) is 1.59. The molecule has 1 fully saturated rings. The van der Waals surface area contributed by atoms with Gasteiger partial charge in [-0.15, -0.1) is 0 Å².